The number of benzene rings is 1. The SMILES string of the molecule is CC1CCCN(CCCNS(=O)(=O)c2cc(F)cc(F)c2)C1. The Hall–Kier alpha value is -1.05. The monoisotopic (exact) mass is 332 g/mol. The van der Waals surface area contributed by atoms with Crippen LogP contribution in [0.3, 0.4) is 0 Å². The molecular weight excluding hydrogens is 310 g/mol. The van der Waals surface area contributed by atoms with Gasteiger partial charge >= 0.3 is 0 Å². The van der Waals surface area contributed by atoms with E-state index in [4.69, 9.17) is 0 Å². The van der Waals surface area contributed by atoms with Crippen LogP contribution in [0.5, 0.6) is 0 Å². The van der Waals surface area contributed by atoms with Gasteiger partial charge in [-0.05, 0) is 50.4 Å². The van der Waals surface area contributed by atoms with E-state index in [1.165, 1.54) is 12.8 Å². The Morgan fingerprint density at radius 1 is 1.27 bits per heavy atom. The van der Waals surface area contributed by atoms with Gasteiger partial charge in [0.1, 0.15) is 11.6 Å². The van der Waals surface area contributed by atoms with Crippen LogP contribution in [0.15, 0.2) is 23.1 Å². The Labute approximate surface area is 130 Å². The number of rotatable bonds is 6. The normalized spacial score (nSPS) is 20.2. The lowest BCUT2D eigenvalue weighted by Gasteiger charge is -2.30. The molecule has 124 valence electrons. The van der Waals surface area contributed by atoms with Gasteiger partial charge < -0.3 is 4.90 Å². The molecule has 1 saturated heterocycles. The second-order valence-corrected chi connectivity index (χ2v) is 7.67. The fourth-order valence-corrected chi connectivity index (χ4v) is 3.88. The van der Waals surface area contributed by atoms with Crippen molar-refractivity contribution in [1.82, 2.24) is 9.62 Å². The Morgan fingerprint density at radius 2 is 1.95 bits per heavy atom. The minimum Gasteiger partial charge on any atom is -0.303 e. The smallest absolute Gasteiger partial charge is 0.240 e. The van der Waals surface area contributed by atoms with Crippen molar-refractivity contribution < 1.29 is 17.2 Å². The van der Waals surface area contributed by atoms with Crippen LogP contribution in [-0.4, -0.2) is 39.5 Å². The average Bonchev–Trinajstić information content (AvgIpc) is 2.43. The van der Waals surface area contributed by atoms with E-state index in [0.29, 0.717) is 18.4 Å². The summed E-state index contributed by atoms with van der Waals surface area (Å²) in [5.41, 5.74) is 0. The molecule has 4 nitrogen and oxygen atoms in total. The van der Waals surface area contributed by atoms with Crippen LogP contribution in [0.25, 0.3) is 0 Å². The molecule has 2 rings (SSSR count). The molecule has 0 radical (unpaired) electrons. The minimum absolute atomic E-state index is 0.255. The summed E-state index contributed by atoms with van der Waals surface area (Å²) >= 11 is 0. The lowest BCUT2D eigenvalue weighted by Crippen LogP contribution is -2.36. The van der Waals surface area contributed by atoms with Crippen molar-refractivity contribution in [1.29, 1.82) is 0 Å². The van der Waals surface area contributed by atoms with Crippen molar-refractivity contribution in [3.63, 3.8) is 0 Å². The van der Waals surface area contributed by atoms with Gasteiger partial charge in [-0.1, -0.05) is 6.92 Å². The molecule has 7 heteroatoms. The third-order valence-electron chi connectivity index (χ3n) is 3.83. The second-order valence-electron chi connectivity index (χ2n) is 5.90. The van der Waals surface area contributed by atoms with Crippen LogP contribution in [0.4, 0.5) is 8.78 Å². The molecule has 1 aliphatic rings. The van der Waals surface area contributed by atoms with Gasteiger partial charge in [-0.15, -0.1) is 0 Å². The Balaban J connectivity index is 1.82. The standard InChI is InChI=1S/C15H22F2N2O2S/c1-12-4-2-6-19(11-12)7-3-5-18-22(20,21)15-9-13(16)8-14(17)10-15/h8-10,12,18H,2-7,11H2,1H3. The zero-order valence-corrected chi connectivity index (χ0v) is 13.5. The summed E-state index contributed by atoms with van der Waals surface area (Å²) < 4.78 is 52.5. The molecule has 1 N–H and O–H groups in total. The van der Waals surface area contributed by atoms with Gasteiger partial charge in [-0.2, -0.15) is 0 Å². The number of hydrogen-bond acceptors (Lipinski definition) is 3. The average molecular weight is 332 g/mol. The molecule has 1 aromatic rings. The van der Waals surface area contributed by atoms with E-state index in [2.05, 4.69) is 16.5 Å². The first-order chi connectivity index (χ1) is 10.4. The summed E-state index contributed by atoms with van der Waals surface area (Å²) in [5.74, 6) is -1.12. The van der Waals surface area contributed by atoms with E-state index in [0.717, 1.165) is 31.8 Å². The molecule has 0 amide bonds. The molecule has 1 heterocycles. The van der Waals surface area contributed by atoms with Crippen LogP contribution in [0.2, 0.25) is 0 Å². The van der Waals surface area contributed by atoms with Gasteiger partial charge in [0.05, 0.1) is 4.90 Å². The minimum atomic E-state index is -3.87. The van der Waals surface area contributed by atoms with Crippen LogP contribution < -0.4 is 4.72 Å². The van der Waals surface area contributed by atoms with Gasteiger partial charge in [-0.25, -0.2) is 21.9 Å². The van der Waals surface area contributed by atoms with Crippen LogP contribution in [0, 0.1) is 17.6 Å². The summed E-state index contributed by atoms with van der Waals surface area (Å²) in [5, 5.41) is 0. The maximum Gasteiger partial charge on any atom is 0.240 e. The van der Waals surface area contributed by atoms with Crippen molar-refractivity contribution in [2.75, 3.05) is 26.2 Å². The van der Waals surface area contributed by atoms with Gasteiger partial charge in [-0.3, -0.25) is 0 Å². The summed E-state index contributed by atoms with van der Waals surface area (Å²) in [6, 6.07) is 2.28. The lowest BCUT2D eigenvalue weighted by atomic mass is 10.0. The van der Waals surface area contributed by atoms with E-state index < -0.39 is 21.7 Å². The molecular formula is C15H22F2N2O2S. The first kappa shape index (κ1) is 17.3. The third-order valence-corrected chi connectivity index (χ3v) is 5.27. The van der Waals surface area contributed by atoms with Gasteiger partial charge in [0.2, 0.25) is 10.0 Å². The number of nitrogens with one attached hydrogen (secondary N) is 1. The first-order valence-corrected chi connectivity index (χ1v) is 9.03. The number of nitrogens with zero attached hydrogens (tertiary/aromatic N) is 1. The van der Waals surface area contributed by atoms with E-state index in [1.54, 1.807) is 0 Å². The van der Waals surface area contributed by atoms with Crippen LogP contribution in [0.1, 0.15) is 26.2 Å². The van der Waals surface area contributed by atoms with Crippen molar-refractivity contribution in [2.24, 2.45) is 5.92 Å². The fraction of sp³-hybridized carbons (Fsp3) is 0.600. The van der Waals surface area contributed by atoms with Gasteiger partial charge in [0.15, 0.2) is 0 Å². The van der Waals surface area contributed by atoms with Crippen molar-refractivity contribution in [2.45, 2.75) is 31.1 Å². The van der Waals surface area contributed by atoms with Crippen molar-refractivity contribution >= 4 is 10.0 Å². The van der Waals surface area contributed by atoms with Gasteiger partial charge in [0.25, 0.3) is 0 Å². The molecule has 0 spiro atoms. The van der Waals surface area contributed by atoms with Gasteiger partial charge in [0, 0.05) is 19.2 Å². The topological polar surface area (TPSA) is 49.4 Å². The lowest BCUT2D eigenvalue weighted by molar-refractivity contribution is 0.182. The van der Waals surface area contributed by atoms with E-state index in [9.17, 15) is 17.2 Å². The molecule has 0 aliphatic carbocycles. The van der Waals surface area contributed by atoms with Crippen molar-refractivity contribution in [3.05, 3.63) is 29.8 Å². The largest absolute Gasteiger partial charge is 0.303 e. The van der Waals surface area contributed by atoms with Crippen molar-refractivity contribution in [3.8, 4) is 0 Å². The zero-order valence-electron chi connectivity index (χ0n) is 12.7. The molecule has 1 fully saturated rings. The van der Waals surface area contributed by atoms with E-state index >= 15 is 0 Å². The summed E-state index contributed by atoms with van der Waals surface area (Å²) in [6.45, 7) is 5.39. The molecule has 0 aromatic heterocycles. The highest BCUT2D eigenvalue weighted by Gasteiger charge is 2.18. The predicted octanol–water partition coefficient (Wildman–Crippen LogP) is 2.37. The molecule has 0 saturated carbocycles. The highest BCUT2D eigenvalue weighted by molar-refractivity contribution is 7.89. The second kappa shape index (κ2) is 7.48. The summed E-state index contributed by atoms with van der Waals surface area (Å²) in [7, 11) is -3.87. The molecule has 0 bridgehead atoms. The maximum atomic E-state index is 13.1. The Morgan fingerprint density at radius 3 is 2.59 bits per heavy atom. The number of hydrogen-bond donors (Lipinski definition) is 1. The Kier molecular flexibility index (Phi) is 5.88. The van der Waals surface area contributed by atoms with Crippen LogP contribution >= 0.6 is 0 Å². The molecule has 22 heavy (non-hydrogen) atoms. The quantitative estimate of drug-likeness (QED) is 0.814. The molecule has 1 aliphatic heterocycles. The highest BCUT2D eigenvalue weighted by atomic mass is 32.2. The summed E-state index contributed by atoms with van der Waals surface area (Å²) in [4.78, 5) is 1.95. The third kappa shape index (κ3) is 5.00. The predicted molar refractivity (Wildman–Crippen MR) is 81.0 cm³/mol. The zero-order chi connectivity index (χ0) is 16.2. The molecule has 1 aromatic carbocycles. The number of sulfonamides is 1. The molecule has 1 atom stereocenters. The van der Waals surface area contributed by atoms with Crippen LogP contribution in [-0.2, 0) is 10.0 Å². The first-order valence-electron chi connectivity index (χ1n) is 7.55. The number of likely N-dealkylation sites (tertiary alicyclic amines) is 1. The van der Waals surface area contributed by atoms with E-state index in [1.807, 2.05) is 0 Å². The molecule has 1 unspecified atom stereocenters. The maximum absolute atomic E-state index is 13.1. The van der Waals surface area contributed by atoms with E-state index in [-0.39, 0.29) is 11.4 Å². The highest BCUT2D eigenvalue weighted by Crippen LogP contribution is 2.16. The number of piperidine rings is 1. The Bertz CT molecular complexity index is 587. The number of halogens is 2. The fourth-order valence-electron chi connectivity index (χ4n) is 2.77. The summed E-state index contributed by atoms with van der Waals surface area (Å²) in [6.07, 6.45) is 3.09.